The molecule has 160 valence electrons. The van der Waals surface area contributed by atoms with E-state index in [1.807, 2.05) is 33.2 Å². The number of rotatable bonds is 9. The van der Waals surface area contributed by atoms with Crippen molar-refractivity contribution in [3.05, 3.63) is 23.9 Å². The van der Waals surface area contributed by atoms with E-state index in [-0.39, 0.29) is 11.3 Å². The van der Waals surface area contributed by atoms with Crippen molar-refractivity contribution in [3.63, 3.8) is 0 Å². The van der Waals surface area contributed by atoms with E-state index in [0.717, 1.165) is 50.4 Å². The highest BCUT2D eigenvalue weighted by atomic mass is 16.5. The predicted molar refractivity (Wildman–Crippen MR) is 115 cm³/mol. The number of carbonyl (C=O) groups excluding carboxylic acids is 1. The lowest BCUT2D eigenvalue weighted by molar-refractivity contribution is -0.138. The fourth-order valence-corrected chi connectivity index (χ4v) is 3.87. The van der Waals surface area contributed by atoms with Crippen molar-refractivity contribution in [3.8, 4) is 5.88 Å². The van der Waals surface area contributed by atoms with Gasteiger partial charge in [0.2, 0.25) is 11.8 Å². The van der Waals surface area contributed by atoms with Gasteiger partial charge in [0.05, 0.1) is 18.6 Å². The Balaban J connectivity index is 1.60. The summed E-state index contributed by atoms with van der Waals surface area (Å²) in [6.45, 7) is 4.72. The number of aliphatic imine (C=N–C) groups is 1. The van der Waals surface area contributed by atoms with Crippen molar-refractivity contribution >= 4 is 11.9 Å². The van der Waals surface area contributed by atoms with Crippen LogP contribution in [-0.2, 0) is 11.3 Å². The minimum atomic E-state index is -0.319. The minimum absolute atomic E-state index is 0.213. The van der Waals surface area contributed by atoms with Gasteiger partial charge in [0, 0.05) is 39.4 Å². The van der Waals surface area contributed by atoms with Crippen LogP contribution in [0.2, 0.25) is 0 Å². The second kappa shape index (κ2) is 9.94. The highest BCUT2D eigenvalue weighted by molar-refractivity contribution is 5.85. The highest BCUT2D eigenvalue weighted by Crippen LogP contribution is 2.38. The first-order valence-corrected chi connectivity index (χ1v) is 10.8. The first-order chi connectivity index (χ1) is 14.0. The molecule has 1 aromatic rings. The quantitative estimate of drug-likeness (QED) is 0.491. The number of guanidine groups is 1. The summed E-state index contributed by atoms with van der Waals surface area (Å²) in [5.41, 5.74) is 0.739. The average Bonchev–Trinajstić information content (AvgIpc) is 3.43. The number of amides is 1. The summed E-state index contributed by atoms with van der Waals surface area (Å²) < 4.78 is 5.77. The molecule has 0 atom stereocenters. The second-order valence-electron chi connectivity index (χ2n) is 8.49. The maximum atomic E-state index is 12.8. The van der Waals surface area contributed by atoms with E-state index in [1.165, 1.54) is 12.8 Å². The number of hydrogen-bond donors (Lipinski definition) is 2. The fraction of sp³-hybridized carbons (Fsp3) is 0.682. The average molecular weight is 402 g/mol. The van der Waals surface area contributed by atoms with Crippen LogP contribution in [0.5, 0.6) is 5.88 Å². The third-order valence-corrected chi connectivity index (χ3v) is 5.74. The summed E-state index contributed by atoms with van der Waals surface area (Å²) in [6.07, 6.45) is 8.38. The highest BCUT2D eigenvalue weighted by Gasteiger charge is 2.42. The summed E-state index contributed by atoms with van der Waals surface area (Å²) in [7, 11) is 3.68. The van der Waals surface area contributed by atoms with Crippen LogP contribution in [0.3, 0.4) is 0 Å². The molecule has 0 spiro atoms. The Kier molecular flexibility index (Phi) is 7.34. The molecular weight excluding hydrogens is 366 g/mol. The maximum absolute atomic E-state index is 12.8. The van der Waals surface area contributed by atoms with E-state index in [0.29, 0.717) is 24.9 Å². The molecule has 0 bridgehead atoms. The number of carbonyl (C=O) groups is 1. The van der Waals surface area contributed by atoms with Crippen molar-refractivity contribution < 1.29 is 9.53 Å². The molecule has 0 aliphatic heterocycles. The number of hydrogen-bond acceptors (Lipinski definition) is 4. The van der Waals surface area contributed by atoms with Crippen LogP contribution >= 0.6 is 0 Å². The van der Waals surface area contributed by atoms with Crippen LogP contribution in [0.4, 0.5) is 0 Å². The zero-order valence-corrected chi connectivity index (χ0v) is 18.0. The molecule has 7 nitrogen and oxygen atoms in total. The monoisotopic (exact) mass is 401 g/mol. The fourth-order valence-electron chi connectivity index (χ4n) is 3.87. The molecule has 2 saturated carbocycles. The molecule has 3 rings (SSSR count). The molecule has 1 heterocycles. The lowest BCUT2D eigenvalue weighted by Crippen LogP contribution is -2.49. The molecule has 2 fully saturated rings. The molecule has 2 aliphatic rings. The van der Waals surface area contributed by atoms with E-state index in [4.69, 9.17) is 9.73 Å². The molecule has 29 heavy (non-hydrogen) atoms. The Hall–Kier alpha value is -2.31. The van der Waals surface area contributed by atoms with Crippen LogP contribution in [0.1, 0.15) is 51.0 Å². The van der Waals surface area contributed by atoms with Gasteiger partial charge in [-0.25, -0.2) is 9.98 Å². The normalized spacial score (nSPS) is 18.4. The van der Waals surface area contributed by atoms with Crippen molar-refractivity contribution in [2.75, 3.05) is 33.8 Å². The van der Waals surface area contributed by atoms with Gasteiger partial charge < -0.3 is 20.3 Å². The zero-order chi connectivity index (χ0) is 20.7. The van der Waals surface area contributed by atoms with Crippen molar-refractivity contribution in [1.29, 1.82) is 0 Å². The lowest BCUT2D eigenvalue weighted by Gasteiger charge is -2.31. The lowest BCUT2D eigenvalue weighted by atomic mass is 9.84. The van der Waals surface area contributed by atoms with E-state index >= 15 is 0 Å². The second-order valence-corrected chi connectivity index (χ2v) is 8.49. The van der Waals surface area contributed by atoms with Gasteiger partial charge in [0.15, 0.2) is 5.96 Å². The number of ether oxygens (including phenoxy) is 1. The van der Waals surface area contributed by atoms with Crippen LogP contribution in [0.15, 0.2) is 23.3 Å². The molecule has 0 saturated heterocycles. The first-order valence-electron chi connectivity index (χ1n) is 10.8. The Labute approximate surface area is 174 Å². The largest absolute Gasteiger partial charge is 0.477 e. The van der Waals surface area contributed by atoms with Crippen molar-refractivity contribution in [2.24, 2.45) is 16.3 Å². The minimum Gasteiger partial charge on any atom is -0.477 e. The third-order valence-electron chi connectivity index (χ3n) is 5.74. The van der Waals surface area contributed by atoms with Crippen LogP contribution in [0.25, 0.3) is 0 Å². The van der Waals surface area contributed by atoms with E-state index in [2.05, 4.69) is 15.6 Å². The SMILES string of the molecule is CCNC(=NCc1ccnc(OCC2CC2)c1)NCC1(C(=O)N(C)C)CCCC1. The molecule has 0 aromatic carbocycles. The molecule has 1 aromatic heterocycles. The summed E-state index contributed by atoms with van der Waals surface area (Å²) in [4.78, 5) is 23.5. The van der Waals surface area contributed by atoms with E-state index < -0.39 is 0 Å². The van der Waals surface area contributed by atoms with Crippen LogP contribution in [-0.4, -0.2) is 55.5 Å². The van der Waals surface area contributed by atoms with Crippen LogP contribution < -0.4 is 15.4 Å². The Morgan fingerprint density at radius 2 is 2.07 bits per heavy atom. The van der Waals surface area contributed by atoms with Gasteiger partial charge in [-0.3, -0.25) is 4.79 Å². The van der Waals surface area contributed by atoms with Gasteiger partial charge in [0.25, 0.3) is 0 Å². The maximum Gasteiger partial charge on any atom is 0.230 e. The van der Waals surface area contributed by atoms with Gasteiger partial charge in [-0.15, -0.1) is 0 Å². The summed E-state index contributed by atoms with van der Waals surface area (Å²) in [6, 6.07) is 3.93. The first kappa shape index (κ1) is 21.4. The van der Waals surface area contributed by atoms with E-state index in [9.17, 15) is 4.79 Å². The Morgan fingerprint density at radius 1 is 1.31 bits per heavy atom. The van der Waals surface area contributed by atoms with E-state index in [1.54, 1.807) is 11.1 Å². The third kappa shape index (κ3) is 6.08. The molecule has 7 heteroatoms. The van der Waals surface area contributed by atoms with Gasteiger partial charge in [-0.05, 0) is 50.2 Å². The topological polar surface area (TPSA) is 78.9 Å². The number of pyridine rings is 1. The number of aromatic nitrogens is 1. The zero-order valence-electron chi connectivity index (χ0n) is 18.0. The number of nitrogens with zero attached hydrogens (tertiary/aromatic N) is 3. The van der Waals surface area contributed by atoms with Gasteiger partial charge >= 0.3 is 0 Å². The molecule has 0 unspecified atom stereocenters. The van der Waals surface area contributed by atoms with Gasteiger partial charge in [-0.2, -0.15) is 0 Å². The Morgan fingerprint density at radius 3 is 2.72 bits per heavy atom. The summed E-state index contributed by atoms with van der Waals surface area (Å²) in [5.74, 6) is 2.33. The molecular formula is C22H35N5O2. The van der Waals surface area contributed by atoms with Crippen molar-refractivity contribution in [2.45, 2.75) is 52.0 Å². The van der Waals surface area contributed by atoms with Gasteiger partial charge in [-0.1, -0.05) is 12.8 Å². The van der Waals surface area contributed by atoms with Crippen LogP contribution in [0, 0.1) is 11.3 Å². The molecule has 1 amide bonds. The number of nitrogens with one attached hydrogen (secondary N) is 2. The smallest absolute Gasteiger partial charge is 0.230 e. The summed E-state index contributed by atoms with van der Waals surface area (Å²) in [5, 5.41) is 6.71. The molecule has 2 N–H and O–H groups in total. The predicted octanol–water partition coefficient (Wildman–Crippen LogP) is 2.57. The molecule has 0 radical (unpaired) electrons. The van der Waals surface area contributed by atoms with Gasteiger partial charge in [0.1, 0.15) is 0 Å². The molecule has 2 aliphatic carbocycles. The Bertz CT molecular complexity index is 709. The standard InChI is InChI=1S/C22H35N5O2/c1-4-23-21(26-16-22(10-5-6-11-22)20(28)27(2)3)25-14-18-9-12-24-19(13-18)29-15-17-7-8-17/h9,12-13,17H,4-8,10-11,14-16H2,1-3H3,(H2,23,25,26). The summed E-state index contributed by atoms with van der Waals surface area (Å²) >= 11 is 0. The van der Waals surface area contributed by atoms with Crippen molar-refractivity contribution in [1.82, 2.24) is 20.5 Å².